The maximum Gasteiger partial charge on any atom is 0.353 e. The number of hydrogen-bond acceptors (Lipinski definition) is 3. The van der Waals surface area contributed by atoms with E-state index in [9.17, 15) is 4.79 Å². The first-order valence-corrected chi connectivity index (χ1v) is 5.80. The van der Waals surface area contributed by atoms with Crippen LogP contribution in [0.2, 0.25) is 0 Å². The Morgan fingerprint density at radius 3 is 2.60 bits per heavy atom. The van der Waals surface area contributed by atoms with Crippen molar-refractivity contribution in [1.29, 1.82) is 0 Å². The van der Waals surface area contributed by atoms with Gasteiger partial charge in [-0.3, -0.25) is 0 Å². The molecule has 0 aromatic heterocycles. The fraction of sp³-hybridized carbons (Fsp3) is 0.700. The van der Waals surface area contributed by atoms with Crippen LogP contribution in [0.25, 0.3) is 0 Å². The van der Waals surface area contributed by atoms with Crippen LogP contribution in [0.3, 0.4) is 0 Å². The van der Waals surface area contributed by atoms with E-state index in [-0.39, 0.29) is 10.1 Å². The van der Waals surface area contributed by atoms with Gasteiger partial charge >= 0.3 is 5.97 Å². The number of unbranched alkanes of at least 4 members (excludes halogenated alkanes) is 3. The molecule has 0 fully saturated rings. The lowest BCUT2D eigenvalue weighted by Crippen LogP contribution is -2.15. The van der Waals surface area contributed by atoms with E-state index in [4.69, 9.17) is 32.7 Å². The van der Waals surface area contributed by atoms with Crippen molar-refractivity contribution in [2.45, 2.75) is 38.9 Å². The third kappa shape index (κ3) is 3.67. The molecular weight excluding hydrogens is 239 g/mol. The first-order valence-electron chi connectivity index (χ1n) is 5.04. The second-order valence-electron chi connectivity index (χ2n) is 3.33. The highest BCUT2D eigenvalue weighted by molar-refractivity contribution is 6.48. The largest absolute Gasteiger partial charge is 0.426 e. The molecule has 0 saturated heterocycles. The molecule has 1 unspecified atom stereocenters. The molecule has 1 atom stereocenters. The summed E-state index contributed by atoms with van der Waals surface area (Å²) in [7, 11) is 0. The van der Waals surface area contributed by atoms with Crippen molar-refractivity contribution < 1.29 is 14.3 Å². The molecule has 0 amide bonds. The molecule has 0 aromatic carbocycles. The molecule has 86 valence electrons. The fourth-order valence-electron chi connectivity index (χ4n) is 1.23. The molecule has 5 heteroatoms. The predicted molar refractivity (Wildman–Crippen MR) is 58.7 cm³/mol. The summed E-state index contributed by atoms with van der Waals surface area (Å²) in [4.78, 5) is 11.0. The molecule has 1 aliphatic heterocycles. The van der Waals surface area contributed by atoms with Crippen LogP contribution in [-0.2, 0) is 14.3 Å². The number of cyclic esters (lactones) is 1. The first kappa shape index (κ1) is 12.8. The average molecular weight is 253 g/mol. The van der Waals surface area contributed by atoms with Gasteiger partial charge < -0.3 is 9.47 Å². The Kier molecular flexibility index (Phi) is 5.43. The minimum atomic E-state index is -0.798. The van der Waals surface area contributed by atoms with Gasteiger partial charge in [-0.15, -0.1) is 0 Å². The molecule has 3 nitrogen and oxygen atoms in total. The van der Waals surface area contributed by atoms with Gasteiger partial charge in [-0.25, -0.2) is 4.79 Å². The molecule has 15 heavy (non-hydrogen) atoms. The van der Waals surface area contributed by atoms with Gasteiger partial charge in [-0.05, 0) is 6.42 Å². The summed E-state index contributed by atoms with van der Waals surface area (Å²) in [5, 5.41) is 0.0763. The topological polar surface area (TPSA) is 35.5 Å². The van der Waals surface area contributed by atoms with Gasteiger partial charge in [0.25, 0.3) is 0 Å². The highest BCUT2D eigenvalue weighted by atomic mass is 35.5. The van der Waals surface area contributed by atoms with Gasteiger partial charge in [-0.2, -0.15) is 0 Å². The van der Waals surface area contributed by atoms with E-state index in [1.165, 1.54) is 12.8 Å². The molecule has 1 heterocycles. The molecule has 1 aliphatic rings. The van der Waals surface area contributed by atoms with Crippen LogP contribution in [-0.4, -0.2) is 18.9 Å². The number of halogens is 2. The summed E-state index contributed by atoms with van der Waals surface area (Å²) in [5.41, 5.74) is 0. The van der Waals surface area contributed by atoms with Gasteiger partial charge in [0.05, 0.1) is 6.61 Å². The van der Waals surface area contributed by atoms with Gasteiger partial charge in [0.2, 0.25) is 6.29 Å². The van der Waals surface area contributed by atoms with Crippen LogP contribution in [0.1, 0.15) is 32.6 Å². The van der Waals surface area contributed by atoms with E-state index in [1.807, 2.05) is 0 Å². The number of carbonyl (C=O) groups is 1. The number of rotatable bonds is 6. The van der Waals surface area contributed by atoms with E-state index >= 15 is 0 Å². The van der Waals surface area contributed by atoms with E-state index in [1.54, 1.807) is 0 Å². The van der Waals surface area contributed by atoms with E-state index in [0.29, 0.717) is 6.61 Å². The maximum absolute atomic E-state index is 11.0. The zero-order chi connectivity index (χ0) is 11.3. The zero-order valence-electron chi connectivity index (χ0n) is 8.59. The van der Waals surface area contributed by atoms with Crippen molar-refractivity contribution >= 4 is 29.2 Å². The minimum Gasteiger partial charge on any atom is -0.426 e. The quantitative estimate of drug-likeness (QED) is 0.538. The first-order chi connectivity index (χ1) is 7.16. The van der Waals surface area contributed by atoms with Crippen molar-refractivity contribution in [3.8, 4) is 0 Å². The van der Waals surface area contributed by atoms with Crippen LogP contribution in [0, 0.1) is 0 Å². The number of carbonyl (C=O) groups excluding carboxylic acids is 1. The second kappa shape index (κ2) is 6.36. The van der Waals surface area contributed by atoms with Crippen LogP contribution in [0.5, 0.6) is 0 Å². The summed E-state index contributed by atoms with van der Waals surface area (Å²) < 4.78 is 10.1. The van der Waals surface area contributed by atoms with E-state index in [0.717, 1.165) is 12.8 Å². The van der Waals surface area contributed by atoms with Crippen molar-refractivity contribution in [3.05, 3.63) is 10.1 Å². The van der Waals surface area contributed by atoms with Crippen LogP contribution < -0.4 is 0 Å². The number of ether oxygens (including phenoxy) is 2. The lowest BCUT2D eigenvalue weighted by atomic mass is 10.2. The summed E-state index contributed by atoms with van der Waals surface area (Å²) in [6.45, 7) is 2.66. The molecular formula is C10H14Cl2O3. The average Bonchev–Trinajstić information content (AvgIpc) is 2.46. The summed E-state index contributed by atoms with van der Waals surface area (Å²) in [6.07, 6.45) is 3.59. The van der Waals surface area contributed by atoms with Crippen molar-refractivity contribution in [2.75, 3.05) is 6.61 Å². The van der Waals surface area contributed by atoms with Crippen LogP contribution in [0.15, 0.2) is 10.1 Å². The van der Waals surface area contributed by atoms with Crippen molar-refractivity contribution in [3.63, 3.8) is 0 Å². The fourth-order valence-corrected chi connectivity index (χ4v) is 1.55. The Morgan fingerprint density at radius 2 is 2.07 bits per heavy atom. The van der Waals surface area contributed by atoms with Gasteiger partial charge in [0, 0.05) is 0 Å². The highest BCUT2D eigenvalue weighted by Gasteiger charge is 2.32. The Labute approximate surface area is 99.3 Å². The monoisotopic (exact) mass is 252 g/mol. The van der Waals surface area contributed by atoms with Crippen LogP contribution in [0.4, 0.5) is 0 Å². The molecule has 0 saturated carbocycles. The van der Waals surface area contributed by atoms with Gasteiger partial charge in [0.1, 0.15) is 10.1 Å². The number of esters is 1. The third-order valence-corrected chi connectivity index (χ3v) is 2.90. The molecule has 0 radical (unpaired) electrons. The maximum atomic E-state index is 11.0. The lowest BCUT2D eigenvalue weighted by Gasteiger charge is -2.10. The van der Waals surface area contributed by atoms with E-state index < -0.39 is 12.3 Å². The van der Waals surface area contributed by atoms with Gasteiger partial charge in [0.15, 0.2) is 0 Å². The number of hydrogen-bond donors (Lipinski definition) is 0. The molecule has 0 aromatic rings. The Balaban J connectivity index is 2.21. The normalized spacial score (nSPS) is 21.0. The Morgan fingerprint density at radius 1 is 1.33 bits per heavy atom. The standard InChI is InChI=1S/C10H14Cl2O3/c1-2-3-4-5-6-14-10-8(12)7(11)9(13)15-10/h10H,2-6H2,1H3. The molecule has 0 aliphatic carbocycles. The summed E-state index contributed by atoms with van der Waals surface area (Å²) in [6, 6.07) is 0. The molecule has 0 spiro atoms. The van der Waals surface area contributed by atoms with Crippen molar-refractivity contribution in [1.82, 2.24) is 0 Å². The van der Waals surface area contributed by atoms with Crippen LogP contribution >= 0.6 is 23.2 Å². The molecule has 0 bridgehead atoms. The minimum absolute atomic E-state index is 0.0739. The molecule has 0 N–H and O–H groups in total. The van der Waals surface area contributed by atoms with E-state index in [2.05, 4.69) is 6.92 Å². The highest BCUT2D eigenvalue weighted by Crippen LogP contribution is 2.29. The van der Waals surface area contributed by atoms with Crippen molar-refractivity contribution in [2.24, 2.45) is 0 Å². The Bertz CT molecular complexity index is 263. The molecule has 1 rings (SSSR count). The third-order valence-electron chi connectivity index (χ3n) is 2.08. The predicted octanol–water partition coefficient (Wildman–Crippen LogP) is 3.16. The zero-order valence-corrected chi connectivity index (χ0v) is 10.1. The Hall–Kier alpha value is -0.250. The second-order valence-corrected chi connectivity index (χ2v) is 4.12. The SMILES string of the molecule is CCCCCCOC1OC(=O)C(Cl)=C1Cl. The smallest absolute Gasteiger partial charge is 0.353 e. The summed E-state index contributed by atoms with van der Waals surface area (Å²) in [5.74, 6) is -0.611. The van der Waals surface area contributed by atoms with Gasteiger partial charge in [-0.1, -0.05) is 49.4 Å². The summed E-state index contributed by atoms with van der Waals surface area (Å²) >= 11 is 11.3. The lowest BCUT2D eigenvalue weighted by molar-refractivity contribution is -0.158.